The number of nitrogens with one attached hydrogen (secondary N) is 1. The Morgan fingerprint density at radius 1 is 1.10 bits per heavy atom. The molecule has 2 aliphatic rings. The van der Waals surface area contributed by atoms with Gasteiger partial charge >= 0.3 is 12.1 Å². The number of rotatable bonds is 4. The fraction of sp³-hybridized carbons (Fsp3) is 0.391. The van der Waals surface area contributed by atoms with E-state index in [4.69, 9.17) is 0 Å². The number of hydrogen-bond acceptors (Lipinski definition) is 2. The van der Waals surface area contributed by atoms with Crippen LogP contribution in [0.25, 0.3) is 0 Å². The topological polar surface area (TPSA) is 55.9 Å². The molecule has 164 valence electrons. The molecule has 0 unspecified atom stereocenters. The van der Waals surface area contributed by atoms with E-state index in [1.165, 1.54) is 12.1 Å². The highest BCUT2D eigenvalue weighted by Gasteiger charge is 2.36. The molecule has 0 radical (unpaired) electrons. The molecule has 0 saturated carbocycles. The van der Waals surface area contributed by atoms with Gasteiger partial charge in [-0.1, -0.05) is 28.1 Å². The number of amides is 4. The van der Waals surface area contributed by atoms with Gasteiger partial charge in [0.25, 0.3) is 0 Å². The Morgan fingerprint density at radius 3 is 2.48 bits per heavy atom. The summed E-state index contributed by atoms with van der Waals surface area (Å²) in [7, 11) is 0. The normalized spacial score (nSPS) is 17.4. The van der Waals surface area contributed by atoms with Crippen LogP contribution in [0, 0.1) is 12.7 Å². The summed E-state index contributed by atoms with van der Waals surface area (Å²) in [5.41, 5.74) is 2.76. The number of halogens is 2. The first-order chi connectivity index (χ1) is 14.9. The number of hydrogen-bond donors (Lipinski definition) is 1. The summed E-state index contributed by atoms with van der Waals surface area (Å²) in [5, 5.41) is 2.96. The molecule has 0 aliphatic carbocycles. The van der Waals surface area contributed by atoms with E-state index in [1.54, 1.807) is 12.1 Å². The predicted molar refractivity (Wildman–Crippen MR) is 121 cm³/mol. The van der Waals surface area contributed by atoms with Crippen LogP contribution in [0.1, 0.15) is 24.0 Å². The van der Waals surface area contributed by atoms with Crippen LogP contribution in [-0.4, -0.2) is 59.0 Å². The summed E-state index contributed by atoms with van der Waals surface area (Å²) < 4.78 is 14.1. The Morgan fingerprint density at radius 2 is 1.81 bits per heavy atom. The number of carbonyl (C=O) groups is 2. The molecule has 2 aromatic rings. The smallest absolute Gasteiger partial charge is 0.321 e. The second-order valence-corrected chi connectivity index (χ2v) is 8.99. The second-order valence-electron chi connectivity index (χ2n) is 8.14. The molecule has 0 bridgehead atoms. The lowest BCUT2D eigenvalue weighted by Crippen LogP contribution is -2.49. The highest BCUT2D eigenvalue weighted by Crippen LogP contribution is 2.24. The fourth-order valence-electron chi connectivity index (χ4n) is 4.20. The third-order valence-electron chi connectivity index (χ3n) is 6.02. The molecular weight excluding hydrogens is 463 g/mol. The van der Waals surface area contributed by atoms with Gasteiger partial charge < -0.3 is 20.0 Å². The van der Waals surface area contributed by atoms with Gasteiger partial charge in [0.2, 0.25) is 0 Å². The van der Waals surface area contributed by atoms with E-state index in [-0.39, 0.29) is 23.9 Å². The third-order valence-corrected chi connectivity index (χ3v) is 6.91. The lowest BCUT2D eigenvalue weighted by Gasteiger charge is -2.36. The Labute approximate surface area is 190 Å². The van der Waals surface area contributed by atoms with Crippen LogP contribution in [0.3, 0.4) is 0 Å². The number of likely N-dealkylation sites (tertiary alicyclic amines) is 1. The van der Waals surface area contributed by atoms with E-state index in [1.807, 2.05) is 39.8 Å². The zero-order valence-corrected chi connectivity index (χ0v) is 19.1. The van der Waals surface area contributed by atoms with E-state index in [0.29, 0.717) is 32.7 Å². The van der Waals surface area contributed by atoms with Crippen molar-refractivity contribution in [2.24, 2.45) is 0 Å². The number of carbonyl (C=O) groups excluding carboxylic acids is 2. The zero-order chi connectivity index (χ0) is 22.0. The molecular formula is C23H26BrFN4O2. The standard InChI is InChI=1S/C23H26BrFN4O2/c1-16-14-19(6-7-21(16)24)26-22(30)27-10-8-20(9-11-27)29-13-12-28(23(29)31)15-17-2-4-18(25)5-3-17/h2-7,14,20H,8-13,15H2,1H3,(H,26,30). The first-order valence-corrected chi connectivity index (χ1v) is 11.3. The van der Waals surface area contributed by atoms with Crippen molar-refractivity contribution >= 4 is 33.7 Å². The van der Waals surface area contributed by atoms with E-state index < -0.39 is 0 Å². The number of anilines is 1. The number of piperidine rings is 1. The Hall–Kier alpha value is -2.61. The fourth-order valence-corrected chi connectivity index (χ4v) is 4.45. The SMILES string of the molecule is Cc1cc(NC(=O)N2CCC(N3CCN(Cc4ccc(F)cc4)C3=O)CC2)ccc1Br. The van der Waals surface area contributed by atoms with Crippen LogP contribution >= 0.6 is 15.9 Å². The minimum absolute atomic E-state index is 0.0255. The van der Waals surface area contributed by atoms with E-state index in [9.17, 15) is 14.0 Å². The summed E-state index contributed by atoms with van der Waals surface area (Å²) in [5.74, 6) is -0.274. The largest absolute Gasteiger partial charge is 0.324 e. The van der Waals surface area contributed by atoms with Gasteiger partial charge in [-0.25, -0.2) is 14.0 Å². The molecule has 0 spiro atoms. The summed E-state index contributed by atoms with van der Waals surface area (Å²) in [4.78, 5) is 31.0. The van der Waals surface area contributed by atoms with Crippen LogP contribution in [0.15, 0.2) is 46.9 Å². The minimum Gasteiger partial charge on any atom is -0.324 e. The number of urea groups is 2. The molecule has 2 aliphatic heterocycles. The van der Waals surface area contributed by atoms with Gasteiger partial charge in [0.1, 0.15) is 5.82 Å². The van der Waals surface area contributed by atoms with Crippen molar-refractivity contribution in [2.45, 2.75) is 32.4 Å². The monoisotopic (exact) mass is 488 g/mol. The summed E-state index contributed by atoms with van der Waals surface area (Å²) in [6, 6.07) is 12.1. The van der Waals surface area contributed by atoms with Gasteiger partial charge in [-0.2, -0.15) is 0 Å². The van der Waals surface area contributed by atoms with Crippen LogP contribution in [-0.2, 0) is 6.54 Å². The first kappa shape index (κ1) is 21.6. The number of benzene rings is 2. The van der Waals surface area contributed by atoms with Gasteiger partial charge in [0, 0.05) is 48.9 Å². The average Bonchev–Trinajstić information content (AvgIpc) is 3.12. The molecule has 6 nitrogen and oxygen atoms in total. The molecule has 0 aromatic heterocycles. The molecule has 4 rings (SSSR count). The van der Waals surface area contributed by atoms with E-state index in [2.05, 4.69) is 21.2 Å². The summed E-state index contributed by atoms with van der Waals surface area (Å²) in [6.07, 6.45) is 1.53. The minimum atomic E-state index is -0.274. The second kappa shape index (κ2) is 9.26. The molecule has 2 heterocycles. The molecule has 0 atom stereocenters. The maximum Gasteiger partial charge on any atom is 0.321 e. The molecule has 1 N–H and O–H groups in total. The summed E-state index contributed by atoms with van der Waals surface area (Å²) >= 11 is 3.47. The number of aryl methyl sites for hydroxylation is 1. The molecule has 31 heavy (non-hydrogen) atoms. The highest BCUT2D eigenvalue weighted by atomic mass is 79.9. The van der Waals surface area contributed by atoms with Crippen molar-refractivity contribution in [3.63, 3.8) is 0 Å². The van der Waals surface area contributed by atoms with E-state index >= 15 is 0 Å². The van der Waals surface area contributed by atoms with Crippen molar-refractivity contribution in [2.75, 3.05) is 31.5 Å². The van der Waals surface area contributed by atoms with Crippen LogP contribution in [0.5, 0.6) is 0 Å². The van der Waals surface area contributed by atoms with Crippen molar-refractivity contribution in [3.8, 4) is 0 Å². The summed E-state index contributed by atoms with van der Waals surface area (Å²) in [6.45, 7) is 5.07. The lowest BCUT2D eigenvalue weighted by atomic mass is 10.0. The Balaban J connectivity index is 1.28. The van der Waals surface area contributed by atoms with E-state index in [0.717, 1.165) is 34.1 Å². The number of nitrogens with zero attached hydrogens (tertiary/aromatic N) is 3. The third kappa shape index (κ3) is 5.01. The van der Waals surface area contributed by atoms with Crippen LogP contribution in [0.4, 0.5) is 19.7 Å². The zero-order valence-electron chi connectivity index (χ0n) is 17.5. The van der Waals surface area contributed by atoms with Crippen LogP contribution in [0.2, 0.25) is 0 Å². The lowest BCUT2D eigenvalue weighted by molar-refractivity contribution is 0.139. The van der Waals surface area contributed by atoms with Gasteiger partial charge in [-0.3, -0.25) is 0 Å². The van der Waals surface area contributed by atoms with Gasteiger partial charge in [0.05, 0.1) is 0 Å². The Bertz CT molecular complexity index is 961. The quantitative estimate of drug-likeness (QED) is 0.669. The molecule has 2 aromatic carbocycles. The van der Waals surface area contributed by atoms with Gasteiger partial charge in [-0.05, 0) is 61.2 Å². The van der Waals surface area contributed by atoms with Crippen molar-refractivity contribution in [1.29, 1.82) is 0 Å². The van der Waals surface area contributed by atoms with Crippen LogP contribution < -0.4 is 5.32 Å². The van der Waals surface area contributed by atoms with Crippen molar-refractivity contribution < 1.29 is 14.0 Å². The Kier molecular flexibility index (Phi) is 6.46. The van der Waals surface area contributed by atoms with Crippen molar-refractivity contribution in [3.05, 3.63) is 63.9 Å². The highest BCUT2D eigenvalue weighted by molar-refractivity contribution is 9.10. The van der Waals surface area contributed by atoms with Gasteiger partial charge in [-0.15, -0.1) is 0 Å². The molecule has 2 fully saturated rings. The average molecular weight is 489 g/mol. The predicted octanol–water partition coefficient (Wildman–Crippen LogP) is 4.83. The van der Waals surface area contributed by atoms with Gasteiger partial charge in [0.15, 0.2) is 0 Å². The molecule has 8 heteroatoms. The molecule has 2 saturated heterocycles. The first-order valence-electron chi connectivity index (χ1n) is 10.5. The maximum atomic E-state index is 13.1. The van der Waals surface area contributed by atoms with Crippen molar-refractivity contribution in [1.82, 2.24) is 14.7 Å². The molecule has 4 amide bonds. The maximum absolute atomic E-state index is 13.1.